The minimum atomic E-state index is -3.43. The number of sulfonamides is 1. The molecule has 3 rings (SSSR count). The van der Waals surface area contributed by atoms with Crippen LogP contribution >= 0.6 is 0 Å². The van der Waals surface area contributed by atoms with Crippen LogP contribution in [0.1, 0.15) is 34.3 Å². The van der Waals surface area contributed by atoms with Crippen molar-refractivity contribution in [2.45, 2.75) is 31.6 Å². The summed E-state index contributed by atoms with van der Waals surface area (Å²) in [7, 11) is -3.43. The molecule has 0 atom stereocenters. The Morgan fingerprint density at radius 2 is 1.64 bits per heavy atom. The fourth-order valence-corrected chi connectivity index (χ4v) is 4.57. The second kappa shape index (κ2) is 6.98. The van der Waals surface area contributed by atoms with Gasteiger partial charge in [0.05, 0.1) is 4.90 Å². The number of hydrogen-bond donors (Lipinski definition) is 1. The molecule has 0 saturated carbocycles. The first-order valence-corrected chi connectivity index (χ1v) is 9.81. The number of amides is 1. The smallest absolute Gasteiger partial charge is 0.255 e. The Kier molecular flexibility index (Phi) is 4.92. The van der Waals surface area contributed by atoms with Crippen LogP contribution in [-0.2, 0) is 10.0 Å². The Hall–Kier alpha value is -2.18. The van der Waals surface area contributed by atoms with E-state index in [1.54, 1.807) is 30.3 Å². The summed E-state index contributed by atoms with van der Waals surface area (Å²) in [5, 5.41) is 2.82. The minimum absolute atomic E-state index is 0.201. The molecule has 0 spiro atoms. The summed E-state index contributed by atoms with van der Waals surface area (Å²) in [5.74, 6) is -0.201. The van der Waals surface area contributed by atoms with Crippen molar-refractivity contribution in [3.63, 3.8) is 0 Å². The standard InChI is InChI=1S/C19H22N2O3S/c1-14-5-10-18(15(2)13-14)19(22)20-16-6-8-17(9-7-16)25(23,24)21-11-3-4-12-21/h5-10,13H,3-4,11-12H2,1-2H3,(H,20,22). The van der Waals surface area contributed by atoms with Crippen LogP contribution in [0.2, 0.25) is 0 Å². The van der Waals surface area contributed by atoms with E-state index >= 15 is 0 Å². The Morgan fingerprint density at radius 3 is 2.24 bits per heavy atom. The molecule has 5 nitrogen and oxygen atoms in total. The number of nitrogens with one attached hydrogen (secondary N) is 1. The van der Waals surface area contributed by atoms with Crippen molar-refractivity contribution in [2.24, 2.45) is 0 Å². The predicted octanol–water partition coefficient (Wildman–Crippen LogP) is 3.34. The quantitative estimate of drug-likeness (QED) is 0.911. The molecule has 0 radical (unpaired) electrons. The van der Waals surface area contributed by atoms with E-state index in [0.29, 0.717) is 24.3 Å². The molecule has 0 aliphatic carbocycles. The van der Waals surface area contributed by atoms with E-state index in [1.807, 2.05) is 26.0 Å². The second-order valence-corrected chi connectivity index (χ2v) is 8.35. The van der Waals surface area contributed by atoms with E-state index in [-0.39, 0.29) is 10.8 Å². The highest BCUT2D eigenvalue weighted by atomic mass is 32.2. The molecule has 2 aromatic rings. The van der Waals surface area contributed by atoms with Gasteiger partial charge in [-0.05, 0) is 62.6 Å². The van der Waals surface area contributed by atoms with E-state index in [1.165, 1.54) is 4.31 Å². The van der Waals surface area contributed by atoms with Crippen LogP contribution in [0.3, 0.4) is 0 Å². The van der Waals surface area contributed by atoms with Crippen molar-refractivity contribution in [3.8, 4) is 0 Å². The highest BCUT2D eigenvalue weighted by Crippen LogP contribution is 2.22. The topological polar surface area (TPSA) is 66.5 Å². The summed E-state index contributed by atoms with van der Waals surface area (Å²) in [4.78, 5) is 12.7. The molecule has 25 heavy (non-hydrogen) atoms. The molecule has 2 aromatic carbocycles. The first-order valence-electron chi connectivity index (χ1n) is 8.37. The molecule has 1 aliphatic heterocycles. The van der Waals surface area contributed by atoms with Crippen molar-refractivity contribution in [3.05, 3.63) is 59.2 Å². The van der Waals surface area contributed by atoms with Gasteiger partial charge < -0.3 is 5.32 Å². The maximum absolute atomic E-state index is 12.5. The van der Waals surface area contributed by atoms with E-state index < -0.39 is 10.0 Å². The SMILES string of the molecule is Cc1ccc(C(=O)Nc2ccc(S(=O)(=O)N3CCCC3)cc2)c(C)c1. The van der Waals surface area contributed by atoms with Gasteiger partial charge in [-0.25, -0.2) is 8.42 Å². The fraction of sp³-hybridized carbons (Fsp3) is 0.316. The lowest BCUT2D eigenvalue weighted by atomic mass is 10.1. The van der Waals surface area contributed by atoms with E-state index in [2.05, 4.69) is 5.32 Å². The lowest BCUT2D eigenvalue weighted by Gasteiger charge is -2.15. The summed E-state index contributed by atoms with van der Waals surface area (Å²) in [6.07, 6.45) is 1.81. The average molecular weight is 358 g/mol. The van der Waals surface area contributed by atoms with Crippen LogP contribution in [0.15, 0.2) is 47.4 Å². The molecule has 1 aliphatic rings. The van der Waals surface area contributed by atoms with Gasteiger partial charge in [-0.15, -0.1) is 0 Å². The van der Waals surface area contributed by atoms with Crippen LogP contribution < -0.4 is 5.32 Å². The zero-order valence-electron chi connectivity index (χ0n) is 14.5. The van der Waals surface area contributed by atoms with Crippen molar-refractivity contribution >= 4 is 21.6 Å². The third kappa shape index (κ3) is 3.75. The van der Waals surface area contributed by atoms with Gasteiger partial charge in [0.2, 0.25) is 10.0 Å². The Morgan fingerprint density at radius 1 is 1.00 bits per heavy atom. The monoisotopic (exact) mass is 358 g/mol. The maximum atomic E-state index is 12.5. The minimum Gasteiger partial charge on any atom is -0.322 e. The summed E-state index contributed by atoms with van der Waals surface area (Å²) >= 11 is 0. The zero-order valence-corrected chi connectivity index (χ0v) is 15.3. The largest absolute Gasteiger partial charge is 0.322 e. The summed E-state index contributed by atoms with van der Waals surface area (Å²) in [5.41, 5.74) is 3.20. The van der Waals surface area contributed by atoms with E-state index in [4.69, 9.17) is 0 Å². The van der Waals surface area contributed by atoms with Gasteiger partial charge in [-0.2, -0.15) is 4.31 Å². The van der Waals surface area contributed by atoms with Gasteiger partial charge in [-0.3, -0.25) is 4.79 Å². The van der Waals surface area contributed by atoms with E-state index in [0.717, 1.165) is 24.0 Å². The summed E-state index contributed by atoms with van der Waals surface area (Å²) in [6.45, 7) is 5.03. The average Bonchev–Trinajstić information content (AvgIpc) is 3.10. The maximum Gasteiger partial charge on any atom is 0.255 e. The molecule has 0 bridgehead atoms. The third-order valence-electron chi connectivity index (χ3n) is 4.44. The van der Waals surface area contributed by atoms with Crippen LogP contribution in [0.25, 0.3) is 0 Å². The van der Waals surface area contributed by atoms with Crippen LogP contribution in [0.4, 0.5) is 5.69 Å². The fourth-order valence-electron chi connectivity index (χ4n) is 3.05. The summed E-state index contributed by atoms with van der Waals surface area (Å²) < 4.78 is 26.5. The number of anilines is 1. The highest BCUT2D eigenvalue weighted by Gasteiger charge is 2.26. The molecule has 1 fully saturated rings. The van der Waals surface area contributed by atoms with E-state index in [9.17, 15) is 13.2 Å². The van der Waals surface area contributed by atoms with Gasteiger partial charge in [0.25, 0.3) is 5.91 Å². The molecule has 0 aromatic heterocycles. The van der Waals surface area contributed by atoms with Gasteiger partial charge in [0.1, 0.15) is 0 Å². The Labute approximate surface area is 148 Å². The lowest BCUT2D eigenvalue weighted by molar-refractivity contribution is 0.102. The molecule has 0 unspecified atom stereocenters. The molecular weight excluding hydrogens is 336 g/mol. The van der Waals surface area contributed by atoms with Crippen LogP contribution in [0.5, 0.6) is 0 Å². The van der Waals surface area contributed by atoms with Crippen molar-refractivity contribution in [2.75, 3.05) is 18.4 Å². The Balaban J connectivity index is 1.75. The third-order valence-corrected chi connectivity index (χ3v) is 6.35. The number of benzene rings is 2. The molecule has 1 saturated heterocycles. The van der Waals surface area contributed by atoms with Crippen LogP contribution in [0, 0.1) is 13.8 Å². The number of nitrogens with zero attached hydrogens (tertiary/aromatic N) is 1. The first kappa shape index (κ1) is 17.6. The molecule has 6 heteroatoms. The van der Waals surface area contributed by atoms with Crippen LogP contribution in [-0.4, -0.2) is 31.7 Å². The normalized spacial score (nSPS) is 15.3. The number of aryl methyl sites for hydroxylation is 2. The molecule has 1 N–H and O–H groups in total. The molecule has 1 heterocycles. The van der Waals surface area contributed by atoms with Gasteiger partial charge in [0, 0.05) is 24.3 Å². The van der Waals surface area contributed by atoms with Gasteiger partial charge >= 0.3 is 0 Å². The number of carbonyl (C=O) groups excluding carboxylic acids is 1. The van der Waals surface area contributed by atoms with Gasteiger partial charge in [-0.1, -0.05) is 17.7 Å². The number of carbonyl (C=O) groups is 1. The first-order chi connectivity index (χ1) is 11.9. The highest BCUT2D eigenvalue weighted by molar-refractivity contribution is 7.89. The number of rotatable bonds is 4. The van der Waals surface area contributed by atoms with Crippen molar-refractivity contribution in [1.82, 2.24) is 4.31 Å². The van der Waals surface area contributed by atoms with Crippen molar-refractivity contribution < 1.29 is 13.2 Å². The summed E-state index contributed by atoms with van der Waals surface area (Å²) in [6, 6.07) is 12.0. The second-order valence-electron chi connectivity index (χ2n) is 6.41. The molecule has 1 amide bonds. The zero-order chi connectivity index (χ0) is 18.0. The lowest BCUT2D eigenvalue weighted by Crippen LogP contribution is -2.27. The van der Waals surface area contributed by atoms with Gasteiger partial charge in [0.15, 0.2) is 0 Å². The van der Waals surface area contributed by atoms with Crippen molar-refractivity contribution in [1.29, 1.82) is 0 Å². The number of hydrogen-bond acceptors (Lipinski definition) is 3. The molecule has 132 valence electrons. The predicted molar refractivity (Wildman–Crippen MR) is 98.3 cm³/mol. The Bertz CT molecular complexity index is 883. The molecular formula is C19H22N2O3S.